The average molecular weight is 227 g/mol. The van der Waals surface area contributed by atoms with E-state index in [4.69, 9.17) is 0 Å². The van der Waals surface area contributed by atoms with Gasteiger partial charge in [-0.05, 0) is 6.92 Å². The number of hydrogen-bond acceptors (Lipinski definition) is 1. The van der Waals surface area contributed by atoms with Gasteiger partial charge in [-0.3, -0.25) is 4.79 Å². The second-order valence-corrected chi connectivity index (χ2v) is 2.69. The van der Waals surface area contributed by atoms with Gasteiger partial charge < -0.3 is 10.2 Å². The fourth-order valence-electron chi connectivity index (χ4n) is 1.24. The van der Waals surface area contributed by atoms with Crippen LogP contribution in [0.5, 0.6) is 0 Å². The van der Waals surface area contributed by atoms with E-state index in [1.165, 1.54) is 0 Å². The molecule has 0 bridgehead atoms. The number of rotatable bonds is 0. The van der Waals surface area contributed by atoms with E-state index in [9.17, 15) is 4.79 Å². The largest absolute Gasteiger partial charge is 1.00 e. The Balaban J connectivity index is 0.000001000. The first kappa shape index (κ1) is 12.2. The van der Waals surface area contributed by atoms with Crippen LogP contribution in [0.4, 0.5) is 0 Å². The van der Waals surface area contributed by atoms with Crippen LogP contribution in [0.3, 0.4) is 0 Å². The molecular formula is C7H13N2ORb. The topological polar surface area (TPSA) is 34.4 Å². The van der Waals surface area contributed by atoms with Crippen LogP contribution in [0.1, 0.15) is 13.8 Å². The van der Waals surface area contributed by atoms with Crippen molar-refractivity contribution < 1.29 is 63.0 Å². The minimum absolute atomic E-state index is 0. The Morgan fingerprint density at radius 1 is 1.64 bits per heavy atom. The zero-order valence-electron chi connectivity index (χ0n) is 7.50. The number of nitrogens with zero attached hydrogens (tertiary/aromatic N) is 2. The minimum Gasteiger partial charge on any atom is -0.659 e. The summed E-state index contributed by atoms with van der Waals surface area (Å²) in [6.45, 7) is 6.06. The van der Waals surface area contributed by atoms with Gasteiger partial charge in [0, 0.05) is 19.5 Å². The molecular weight excluding hydrogens is 214 g/mol. The molecule has 1 heterocycles. The maximum absolute atomic E-state index is 10.9. The predicted octanol–water partition coefficient (Wildman–Crippen LogP) is -2.39. The van der Waals surface area contributed by atoms with Crippen molar-refractivity contribution in [1.29, 1.82) is 0 Å². The second-order valence-electron chi connectivity index (χ2n) is 2.69. The van der Waals surface area contributed by atoms with Crippen molar-refractivity contribution in [3.63, 3.8) is 0 Å². The first-order valence-corrected chi connectivity index (χ1v) is 3.62. The summed E-state index contributed by atoms with van der Waals surface area (Å²) in [7, 11) is 0. The third-order valence-corrected chi connectivity index (χ3v) is 1.83. The summed E-state index contributed by atoms with van der Waals surface area (Å²) in [5.74, 6) is 0.169. The molecule has 1 amide bonds. The monoisotopic (exact) mass is 226 g/mol. The average Bonchev–Trinajstić information content (AvgIpc) is 1.88. The third kappa shape index (κ3) is 3.64. The van der Waals surface area contributed by atoms with Gasteiger partial charge >= 0.3 is 58.2 Å². The number of hydrogen-bond donors (Lipinski definition) is 0. The Labute approximate surface area is 117 Å². The SMILES string of the molecule is CC(=O)N1CC[N-]C[C@H]1C.[Rb+]. The Bertz CT molecular complexity index is 140. The molecule has 1 fully saturated rings. The van der Waals surface area contributed by atoms with E-state index in [0.29, 0.717) is 6.04 Å². The van der Waals surface area contributed by atoms with Crippen LogP contribution in [0.15, 0.2) is 0 Å². The van der Waals surface area contributed by atoms with Crippen molar-refractivity contribution in [3.8, 4) is 0 Å². The molecule has 1 saturated heterocycles. The quantitative estimate of drug-likeness (QED) is 0.454. The van der Waals surface area contributed by atoms with E-state index in [1.807, 2.05) is 11.8 Å². The molecule has 0 aliphatic carbocycles. The molecule has 4 heteroatoms. The molecule has 0 unspecified atom stereocenters. The molecule has 0 radical (unpaired) electrons. The van der Waals surface area contributed by atoms with Gasteiger partial charge in [0.2, 0.25) is 5.91 Å². The zero-order chi connectivity index (χ0) is 7.56. The summed E-state index contributed by atoms with van der Waals surface area (Å²) < 4.78 is 0. The van der Waals surface area contributed by atoms with Crippen molar-refractivity contribution >= 4 is 5.91 Å². The van der Waals surface area contributed by atoms with E-state index in [0.717, 1.165) is 19.6 Å². The van der Waals surface area contributed by atoms with Gasteiger partial charge in [-0.1, -0.05) is 0 Å². The molecule has 58 valence electrons. The molecule has 0 spiro atoms. The van der Waals surface area contributed by atoms with Gasteiger partial charge in [0.1, 0.15) is 0 Å². The molecule has 0 saturated carbocycles. The number of carbonyl (C=O) groups is 1. The van der Waals surface area contributed by atoms with Crippen molar-refractivity contribution in [3.05, 3.63) is 5.32 Å². The van der Waals surface area contributed by atoms with Crippen LogP contribution in [-0.2, 0) is 4.79 Å². The van der Waals surface area contributed by atoms with Crippen LogP contribution in [0, 0.1) is 0 Å². The molecule has 0 aromatic rings. The molecule has 11 heavy (non-hydrogen) atoms. The summed E-state index contributed by atoms with van der Waals surface area (Å²) in [4.78, 5) is 12.8. The Morgan fingerprint density at radius 3 is 2.64 bits per heavy atom. The van der Waals surface area contributed by atoms with Gasteiger partial charge in [0.05, 0.1) is 0 Å². The van der Waals surface area contributed by atoms with Crippen LogP contribution in [0.2, 0.25) is 0 Å². The minimum atomic E-state index is 0. The van der Waals surface area contributed by atoms with Crippen molar-refractivity contribution in [2.45, 2.75) is 19.9 Å². The maximum Gasteiger partial charge on any atom is 1.00 e. The Kier molecular flexibility index (Phi) is 6.46. The standard InChI is InChI=1S/C7H13N2O.Rb/c1-6-5-8-3-4-9(6)7(2)10;/h6H,3-5H2,1-2H3;/q-1;+1/t6-;/m1./s1. The second kappa shape index (κ2) is 5.81. The van der Waals surface area contributed by atoms with Gasteiger partial charge in [0.15, 0.2) is 0 Å². The Hall–Kier alpha value is 1.24. The van der Waals surface area contributed by atoms with Crippen LogP contribution in [-0.4, -0.2) is 36.5 Å². The van der Waals surface area contributed by atoms with E-state index in [1.54, 1.807) is 6.92 Å². The molecule has 0 aromatic carbocycles. The number of piperazine rings is 1. The van der Waals surface area contributed by atoms with E-state index in [-0.39, 0.29) is 64.1 Å². The van der Waals surface area contributed by atoms with E-state index in [2.05, 4.69) is 5.32 Å². The summed E-state index contributed by atoms with van der Waals surface area (Å²) in [6.07, 6.45) is 0. The summed E-state index contributed by atoms with van der Waals surface area (Å²) in [5, 5.41) is 4.20. The molecule has 1 rings (SSSR count). The van der Waals surface area contributed by atoms with Crippen LogP contribution >= 0.6 is 0 Å². The summed E-state index contributed by atoms with van der Waals surface area (Å²) >= 11 is 0. The molecule has 1 atom stereocenters. The molecule has 0 aromatic heterocycles. The number of amides is 1. The molecule has 1 aliphatic rings. The van der Waals surface area contributed by atoms with Gasteiger partial charge in [-0.2, -0.15) is 0 Å². The first-order chi connectivity index (χ1) is 4.72. The van der Waals surface area contributed by atoms with Gasteiger partial charge in [-0.15, -0.1) is 13.1 Å². The smallest absolute Gasteiger partial charge is 0.659 e. The van der Waals surface area contributed by atoms with Crippen LogP contribution in [0.25, 0.3) is 5.32 Å². The van der Waals surface area contributed by atoms with Crippen LogP contribution < -0.4 is 58.2 Å². The maximum atomic E-state index is 10.9. The fourth-order valence-corrected chi connectivity index (χ4v) is 1.24. The summed E-state index contributed by atoms with van der Waals surface area (Å²) in [6, 6.07) is 0.311. The summed E-state index contributed by atoms with van der Waals surface area (Å²) in [5.41, 5.74) is 0. The normalized spacial score (nSPS) is 24.2. The fraction of sp³-hybridized carbons (Fsp3) is 0.857. The van der Waals surface area contributed by atoms with Crippen molar-refractivity contribution in [1.82, 2.24) is 4.90 Å². The third-order valence-electron chi connectivity index (χ3n) is 1.83. The van der Waals surface area contributed by atoms with Gasteiger partial charge in [-0.25, -0.2) is 0 Å². The van der Waals surface area contributed by atoms with Gasteiger partial charge in [0.25, 0.3) is 0 Å². The number of carbonyl (C=O) groups excluding carboxylic acids is 1. The first-order valence-electron chi connectivity index (χ1n) is 3.62. The van der Waals surface area contributed by atoms with E-state index < -0.39 is 0 Å². The Morgan fingerprint density at radius 2 is 2.27 bits per heavy atom. The van der Waals surface area contributed by atoms with Crippen molar-refractivity contribution in [2.75, 3.05) is 19.6 Å². The molecule has 1 aliphatic heterocycles. The van der Waals surface area contributed by atoms with E-state index >= 15 is 0 Å². The molecule has 0 N–H and O–H groups in total. The zero-order valence-corrected chi connectivity index (χ0v) is 12.4. The predicted molar refractivity (Wildman–Crippen MR) is 39.9 cm³/mol. The van der Waals surface area contributed by atoms with Crippen molar-refractivity contribution in [2.24, 2.45) is 0 Å². The molecule has 3 nitrogen and oxygen atoms in total.